The molecule has 1 aromatic carbocycles. The average Bonchev–Trinajstić information content (AvgIpc) is 2.46. The highest BCUT2D eigenvalue weighted by Crippen LogP contribution is 2.10. The summed E-state index contributed by atoms with van der Waals surface area (Å²) in [7, 11) is -2.04. The summed E-state index contributed by atoms with van der Waals surface area (Å²) in [5, 5.41) is 9.79. The summed E-state index contributed by atoms with van der Waals surface area (Å²) < 4.78 is 30.7. The van der Waals surface area contributed by atoms with E-state index < -0.39 is 10.0 Å². The van der Waals surface area contributed by atoms with Gasteiger partial charge in [0, 0.05) is 32.0 Å². The molecule has 1 rings (SSSR count). The highest BCUT2D eigenvalue weighted by molar-refractivity contribution is 7.92. The number of hydrogen-bond donors (Lipinski definition) is 0. The molecule has 0 unspecified atom stereocenters. The number of hydrogen-bond acceptors (Lipinski definition) is 4. The van der Waals surface area contributed by atoms with Crippen LogP contribution in [0.1, 0.15) is 17.5 Å². The van der Waals surface area contributed by atoms with E-state index in [0.717, 1.165) is 11.1 Å². The van der Waals surface area contributed by atoms with Crippen LogP contribution in [0.15, 0.2) is 29.7 Å². The number of ether oxygens (including phenoxy) is 1. The minimum atomic E-state index is -3.55. The molecule has 0 spiro atoms. The zero-order valence-corrected chi connectivity index (χ0v) is 13.1. The summed E-state index contributed by atoms with van der Waals surface area (Å²) >= 11 is 0. The molecule has 5 nitrogen and oxygen atoms in total. The lowest BCUT2D eigenvalue weighted by Gasteiger charge is -2.18. The molecule has 0 aromatic heterocycles. The Kier molecular flexibility index (Phi) is 7.09. The molecule has 0 aliphatic carbocycles. The van der Waals surface area contributed by atoms with E-state index in [-0.39, 0.29) is 19.5 Å². The van der Waals surface area contributed by atoms with Crippen molar-refractivity contribution in [3.8, 4) is 6.07 Å². The number of rotatable bonds is 8. The van der Waals surface area contributed by atoms with Crippen molar-refractivity contribution in [2.75, 3.05) is 26.8 Å². The van der Waals surface area contributed by atoms with Crippen LogP contribution in [-0.4, -0.2) is 39.5 Å². The number of nitrogens with zero attached hydrogens (tertiary/aromatic N) is 2. The largest absolute Gasteiger partial charge is 0.383 e. The van der Waals surface area contributed by atoms with Gasteiger partial charge < -0.3 is 4.74 Å². The lowest BCUT2D eigenvalue weighted by atomic mass is 10.2. The summed E-state index contributed by atoms with van der Waals surface area (Å²) in [5.74, 6) is 0. The third kappa shape index (κ3) is 6.08. The van der Waals surface area contributed by atoms with Gasteiger partial charge in [-0.2, -0.15) is 9.57 Å². The van der Waals surface area contributed by atoms with E-state index in [2.05, 4.69) is 0 Å². The molecule has 21 heavy (non-hydrogen) atoms. The maximum atomic E-state index is 12.3. The van der Waals surface area contributed by atoms with Crippen molar-refractivity contribution in [3.05, 3.63) is 40.8 Å². The first-order valence-corrected chi connectivity index (χ1v) is 8.10. The van der Waals surface area contributed by atoms with Crippen LogP contribution < -0.4 is 0 Å². The standard InChI is InChI=1S/C15H20N2O3S/c1-14-4-6-15(7-5-14)8-13-21(18,19)17(10-3-9-16)11-12-20-2/h4-8,13H,3,10-12H2,1-2H3/b13-8+. The second kappa shape index (κ2) is 8.57. The Morgan fingerprint density at radius 2 is 1.95 bits per heavy atom. The monoisotopic (exact) mass is 308 g/mol. The molecule has 0 heterocycles. The Balaban J connectivity index is 2.84. The Morgan fingerprint density at radius 3 is 2.52 bits per heavy atom. The number of benzene rings is 1. The number of aryl methyl sites for hydroxylation is 1. The van der Waals surface area contributed by atoms with Gasteiger partial charge in [0.1, 0.15) is 0 Å². The van der Waals surface area contributed by atoms with Crippen LogP contribution in [0.2, 0.25) is 0 Å². The predicted molar refractivity (Wildman–Crippen MR) is 82.8 cm³/mol. The molecule has 0 saturated heterocycles. The van der Waals surface area contributed by atoms with Crippen molar-refractivity contribution >= 4 is 16.1 Å². The molecule has 0 radical (unpaired) electrons. The van der Waals surface area contributed by atoms with Crippen LogP contribution in [0.3, 0.4) is 0 Å². The fourth-order valence-electron chi connectivity index (χ4n) is 1.66. The summed E-state index contributed by atoms with van der Waals surface area (Å²) in [6.07, 6.45) is 1.71. The first-order valence-electron chi connectivity index (χ1n) is 6.60. The maximum Gasteiger partial charge on any atom is 0.236 e. The van der Waals surface area contributed by atoms with Gasteiger partial charge >= 0.3 is 0 Å². The minimum Gasteiger partial charge on any atom is -0.383 e. The Labute approximate surface area is 126 Å². The Morgan fingerprint density at radius 1 is 1.29 bits per heavy atom. The lowest BCUT2D eigenvalue weighted by Crippen LogP contribution is -2.33. The molecule has 1 aromatic rings. The smallest absolute Gasteiger partial charge is 0.236 e. The molecular formula is C15H20N2O3S. The van der Waals surface area contributed by atoms with E-state index in [0.29, 0.717) is 6.61 Å². The van der Waals surface area contributed by atoms with E-state index in [1.807, 2.05) is 37.3 Å². The quantitative estimate of drug-likeness (QED) is 0.738. The Hall–Kier alpha value is -1.68. The zero-order chi connectivity index (χ0) is 15.7. The molecule has 0 aliphatic heterocycles. The van der Waals surface area contributed by atoms with E-state index in [9.17, 15) is 8.42 Å². The van der Waals surface area contributed by atoms with Crippen molar-refractivity contribution in [1.82, 2.24) is 4.31 Å². The van der Waals surface area contributed by atoms with Crippen molar-refractivity contribution in [3.63, 3.8) is 0 Å². The molecule has 0 aliphatic rings. The van der Waals surface area contributed by atoms with Crippen molar-refractivity contribution in [2.24, 2.45) is 0 Å². The van der Waals surface area contributed by atoms with Crippen LogP contribution in [0.4, 0.5) is 0 Å². The number of sulfonamides is 1. The fraction of sp³-hybridized carbons (Fsp3) is 0.400. The third-order valence-corrected chi connectivity index (χ3v) is 4.45. The van der Waals surface area contributed by atoms with Crippen molar-refractivity contribution in [2.45, 2.75) is 13.3 Å². The van der Waals surface area contributed by atoms with Crippen LogP contribution >= 0.6 is 0 Å². The van der Waals surface area contributed by atoms with Crippen LogP contribution in [0.5, 0.6) is 0 Å². The van der Waals surface area contributed by atoms with Gasteiger partial charge in [0.2, 0.25) is 10.0 Å². The average molecular weight is 308 g/mol. The second-order valence-electron chi connectivity index (χ2n) is 4.56. The van der Waals surface area contributed by atoms with Gasteiger partial charge in [-0.15, -0.1) is 0 Å². The van der Waals surface area contributed by atoms with Gasteiger partial charge in [-0.3, -0.25) is 0 Å². The first-order chi connectivity index (χ1) is 9.99. The van der Waals surface area contributed by atoms with Crippen molar-refractivity contribution in [1.29, 1.82) is 5.26 Å². The van der Waals surface area contributed by atoms with Gasteiger partial charge in [-0.1, -0.05) is 29.8 Å². The summed E-state index contributed by atoms with van der Waals surface area (Å²) in [4.78, 5) is 0. The van der Waals surface area contributed by atoms with Crippen LogP contribution in [0.25, 0.3) is 6.08 Å². The van der Waals surface area contributed by atoms with Crippen molar-refractivity contribution < 1.29 is 13.2 Å². The highest BCUT2D eigenvalue weighted by atomic mass is 32.2. The molecule has 114 valence electrons. The molecule has 0 fully saturated rings. The normalized spacial score (nSPS) is 11.9. The molecule has 0 saturated carbocycles. The van der Waals surface area contributed by atoms with Gasteiger partial charge in [0.25, 0.3) is 0 Å². The van der Waals surface area contributed by atoms with Crippen LogP contribution in [0, 0.1) is 18.3 Å². The first kappa shape index (κ1) is 17.4. The Bertz CT molecular complexity index is 601. The van der Waals surface area contributed by atoms with Gasteiger partial charge in [-0.25, -0.2) is 8.42 Å². The molecule has 6 heteroatoms. The number of methoxy groups -OCH3 is 1. The third-order valence-electron chi connectivity index (χ3n) is 2.89. The SMILES string of the molecule is COCCN(CCC#N)S(=O)(=O)/C=C/c1ccc(C)cc1. The number of nitriles is 1. The van der Waals surface area contributed by atoms with E-state index in [1.54, 1.807) is 6.08 Å². The molecule has 0 N–H and O–H groups in total. The van der Waals surface area contributed by atoms with E-state index in [4.69, 9.17) is 10.00 Å². The molecule has 0 atom stereocenters. The topological polar surface area (TPSA) is 70.4 Å². The van der Waals surface area contributed by atoms with Crippen LogP contribution in [-0.2, 0) is 14.8 Å². The van der Waals surface area contributed by atoms with E-state index in [1.165, 1.54) is 16.8 Å². The molecule has 0 bridgehead atoms. The predicted octanol–water partition coefficient (Wildman–Crippen LogP) is 2.16. The minimum absolute atomic E-state index is 0.154. The summed E-state index contributed by atoms with van der Waals surface area (Å²) in [5.41, 5.74) is 1.93. The zero-order valence-electron chi connectivity index (χ0n) is 12.3. The fourth-order valence-corrected chi connectivity index (χ4v) is 2.84. The highest BCUT2D eigenvalue weighted by Gasteiger charge is 2.18. The molecular weight excluding hydrogens is 288 g/mol. The molecule has 0 amide bonds. The lowest BCUT2D eigenvalue weighted by molar-refractivity contribution is 0.180. The van der Waals surface area contributed by atoms with Gasteiger partial charge in [-0.05, 0) is 18.6 Å². The summed E-state index contributed by atoms with van der Waals surface area (Å²) in [6, 6.07) is 9.51. The second-order valence-corrected chi connectivity index (χ2v) is 6.38. The van der Waals surface area contributed by atoms with Gasteiger partial charge in [0.15, 0.2) is 0 Å². The van der Waals surface area contributed by atoms with Gasteiger partial charge in [0.05, 0.1) is 12.7 Å². The maximum absolute atomic E-state index is 12.3. The van der Waals surface area contributed by atoms with E-state index >= 15 is 0 Å². The summed E-state index contributed by atoms with van der Waals surface area (Å²) in [6.45, 7) is 2.67.